The third-order valence-corrected chi connectivity index (χ3v) is 3.21. The molecule has 1 aliphatic rings. The first-order valence-electron chi connectivity index (χ1n) is 5.56. The van der Waals surface area contributed by atoms with Crippen LogP contribution in [-0.4, -0.2) is 12.7 Å². The van der Waals surface area contributed by atoms with Crippen molar-refractivity contribution >= 4 is 15.9 Å². The summed E-state index contributed by atoms with van der Waals surface area (Å²) < 4.78 is 35.4. The lowest BCUT2D eigenvalue weighted by Gasteiger charge is -2.16. The SMILES string of the molecule is FC(F)Oc1ccc(Br)cc1OC1CCCC1. The van der Waals surface area contributed by atoms with E-state index in [1.165, 1.54) is 6.07 Å². The fraction of sp³-hybridized carbons (Fsp3) is 0.500. The van der Waals surface area contributed by atoms with Crippen LogP contribution < -0.4 is 9.47 Å². The zero-order valence-electron chi connectivity index (χ0n) is 9.17. The Labute approximate surface area is 107 Å². The predicted molar refractivity (Wildman–Crippen MR) is 63.7 cm³/mol. The number of hydrogen-bond acceptors (Lipinski definition) is 2. The highest BCUT2D eigenvalue weighted by Crippen LogP contribution is 2.34. The van der Waals surface area contributed by atoms with Gasteiger partial charge in [-0.1, -0.05) is 15.9 Å². The van der Waals surface area contributed by atoms with Gasteiger partial charge in [0.25, 0.3) is 0 Å². The Balaban J connectivity index is 2.13. The number of rotatable bonds is 4. The molecule has 2 rings (SSSR count). The van der Waals surface area contributed by atoms with Crippen LogP contribution in [0.3, 0.4) is 0 Å². The molecule has 0 unspecified atom stereocenters. The third kappa shape index (κ3) is 3.56. The molecule has 1 aliphatic carbocycles. The van der Waals surface area contributed by atoms with Gasteiger partial charge in [-0.3, -0.25) is 0 Å². The van der Waals surface area contributed by atoms with E-state index in [1.807, 2.05) is 0 Å². The summed E-state index contributed by atoms with van der Waals surface area (Å²) in [7, 11) is 0. The van der Waals surface area contributed by atoms with Gasteiger partial charge < -0.3 is 9.47 Å². The molecule has 17 heavy (non-hydrogen) atoms. The quantitative estimate of drug-likeness (QED) is 0.822. The molecule has 0 atom stereocenters. The molecule has 1 aromatic carbocycles. The maximum absolute atomic E-state index is 12.2. The Hall–Kier alpha value is -0.840. The summed E-state index contributed by atoms with van der Waals surface area (Å²) in [6, 6.07) is 4.80. The van der Waals surface area contributed by atoms with E-state index >= 15 is 0 Å². The molecule has 0 aliphatic heterocycles. The molecule has 0 spiro atoms. The summed E-state index contributed by atoms with van der Waals surface area (Å²) in [5.41, 5.74) is 0. The van der Waals surface area contributed by atoms with Crippen LogP contribution in [0.25, 0.3) is 0 Å². The van der Waals surface area contributed by atoms with Gasteiger partial charge in [0.05, 0.1) is 6.10 Å². The molecule has 2 nitrogen and oxygen atoms in total. The second-order valence-electron chi connectivity index (χ2n) is 3.99. The van der Waals surface area contributed by atoms with Gasteiger partial charge in [0, 0.05) is 4.47 Å². The van der Waals surface area contributed by atoms with E-state index in [0.29, 0.717) is 5.75 Å². The maximum Gasteiger partial charge on any atom is 0.387 e. The molecule has 0 bridgehead atoms. The van der Waals surface area contributed by atoms with Crippen molar-refractivity contribution in [2.45, 2.75) is 38.4 Å². The average molecular weight is 307 g/mol. The molecule has 5 heteroatoms. The van der Waals surface area contributed by atoms with E-state index in [-0.39, 0.29) is 11.9 Å². The summed E-state index contributed by atoms with van der Waals surface area (Å²) in [5, 5.41) is 0. The molecule has 0 aromatic heterocycles. The lowest BCUT2D eigenvalue weighted by atomic mass is 10.3. The van der Waals surface area contributed by atoms with Crippen molar-refractivity contribution in [3.05, 3.63) is 22.7 Å². The van der Waals surface area contributed by atoms with Crippen molar-refractivity contribution in [3.8, 4) is 11.5 Å². The van der Waals surface area contributed by atoms with E-state index in [4.69, 9.17) is 4.74 Å². The number of hydrogen-bond donors (Lipinski definition) is 0. The van der Waals surface area contributed by atoms with Gasteiger partial charge in [-0.15, -0.1) is 0 Å². The largest absolute Gasteiger partial charge is 0.486 e. The summed E-state index contributed by atoms with van der Waals surface area (Å²) >= 11 is 3.29. The molecule has 0 saturated heterocycles. The highest BCUT2D eigenvalue weighted by Gasteiger charge is 2.19. The van der Waals surface area contributed by atoms with E-state index in [1.54, 1.807) is 12.1 Å². The average Bonchev–Trinajstić information content (AvgIpc) is 2.74. The number of halogens is 3. The Morgan fingerprint density at radius 2 is 1.88 bits per heavy atom. The van der Waals surface area contributed by atoms with Crippen LogP contribution >= 0.6 is 15.9 Å². The van der Waals surface area contributed by atoms with Crippen molar-refractivity contribution in [1.82, 2.24) is 0 Å². The second-order valence-corrected chi connectivity index (χ2v) is 4.91. The van der Waals surface area contributed by atoms with Gasteiger partial charge in [0.2, 0.25) is 0 Å². The molecular weight excluding hydrogens is 294 g/mol. The minimum absolute atomic E-state index is 0.0927. The molecule has 0 heterocycles. The van der Waals surface area contributed by atoms with Crippen LogP contribution in [0.2, 0.25) is 0 Å². The molecule has 0 N–H and O–H groups in total. The van der Waals surface area contributed by atoms with Crippen molar-refractivity contribution < 1.29 is 18.3 Å². The molecule has 1 fully saturated rings. The van der Waals surface area contributed by atoms with Crippen LogP contribution in [0.5, 0.6) is 11.5 Å². The van der Waals surface area contributed by atoms with Crippen molar-refractivity contribution in [2.24, 2.45) is 0 Å². The van der Waals surface area contributed by atoms with Gasteiger partial charge in [-0.25, -0.2) is 0 Å². The zero-order chi connectivity index (χ0) is 12.3. The summed E-state index contributed by atoms with van der Waals surface area (Å²) in [4.78, 5) is 0. The van der Waals surface area contributed by atoms with Gasteiger partial charge in [-0.2, -0.15) is 8.78 Å². The van der Waals surface area contributed by atoms with E-state index in [9.17, 15) is 8.78 Å². The molecule has 0 amide bonds. The van der Waals surface area contributed by atoms with Crippen molar-refractivity contribution in [2.75, 3.05) is 0 Å². The van der Waals surface area contributed by atoms with E-state index < -0.39 is 6.61 Å². The third-order valence-electron chi connectivity index (χ3n) is 2.72. The number of alkyl halides is 2. The molecule has 1 aromatic rings. The summed E-state index contributed by atoms with van der Waals surface area (Å²) in [6.07, 6.45) is 4.32. The fourth-order valence-electron chi connectivity index (χ4n) is 1.95. The summed E-state index contributed by atoms with van der Waals surface area (Å²) in [6.45, 7) is -2.83. The first-order valence-corrected chi connectivity index (χ1v) is 6.35. The Kier molecular flexibility index (Phi) is 4.20. The zero-order valence-corrected chi connectivity index (χ0v) is 10.8. The number of ether oxygens (including phenoxy) is 2. The lowest BCUT2D eigenvalue weighted by molar-refractivity contribution is -0.0520. The van der Waals surface area contributed by atoms with Crippen LogP contribution in [-0.2, 0) is 0 Å². The second kappa shape index (κ2) is 5.67. The number of benzene rings is 1. The monoisotopic (exact) mass is 306 g/mol. The molecule has 0 radical (unpaired) electrons. The molecule has 94 valence electrons. The van der Waals surface area contributed by atoms with Crippen molar-refractivity contribution in [3.63, 3.8) is 0 Å². The standard InChI is InChI=1S/C12H13BrF2O2/c13-8-5-6-10(17-12(14)15)11(7-8)16-9-3-1-2-4-9/h5-7,9,12H,1-4H2. The minimum atomic E-state index is -2.83. The van der Waals surface area contributed by atoms with Crippen LogP contribution in [0.4, 0.5) is 8.78 Å². The molecule has 1 saturated carbocycles. The maximum atomic E-state index is 12.2. The van der Waals surface area contributed by atoms with Crippen LogP contribution in [0.15, 0.2) is 22.7 Å². The van der Waals surface area contributed by atoms with Crippen molar-refractivity contribution in [1.29, 1.82) is 0 Å². The lowest BCUT2D eigenvalue weighted by Crippen LogP contribution is -2.12. The predicted octanol–water partition coefficient (Wildman–Crippen LogP) is 4.37. The summed E-state index contributed by atoms with van der Waals surface area (Å²) in [5.74, 6) is 0.474. The van der Waals surface area contributed by atoms with Gasteiger partial charge in [-0.05, 0) is 43.9 Å². The minimum Gasteiger partial charge on any atom is -0.486 e. The van der Waals surface area contributed by atoms with E-state index in [0.717, 1.165) is 30.2 Å². The fourth-order valence-corrected chi connectivity index (χ4v) is 2.29. The van der Waals surface area contributed by atoms with Gasteiger partial charge in [0.15, 0.2) is 11.5 Å². The van der Waals surface area contributed by atoms with Gasteiger partial charge >= 0.3 is 6.61 Å². The normalized spacial score (nSPS) is 16.5. The first-order chi connectivity index (χ1) is 8.15. The van der Waals surface area contributed by atoms with Crippen LogP contribution in [0.1, 0.15) is 25.7 Å². The molecular formula is C12H13BrF2O2. The highest BCUT2D eigenvalue weighted by atomic mass is 79.9. The topological polar surface area (TPSA) is 18.5 Å². The Morgan fingerprint density at radius 1 is 1.18 bits per heavy atom. The smallest absolute Gasteiger partial charge is 0.387 e. The van der Waals surface area contributed by atoms with E-state index in [2.05, 4.69) is 20.7 Å². The highest BCUT2D eigenvalue weighted by molar-refractivity contribution is 9.10. The van der Waals surface area contributed by atoms with Crippen LogP contribution in [0, 0.1) is 0 Å². The Bertz CT molecular complexity index is 379. The Morgan fingerprint density at radius 3 is 2.53 bits per heavy atom. The first kappa shape index (κ1) is 12.6. The van der Waals surface area contributed by atoms with Gasteiger partial charge in [0.1, 0.15) is 0 Å².